The van der Waals surface area contributed by atoms with Gasteiger partial charge in [-0.2, -0.15) is 0 Å². The molecule has 0 saturated heterocycles. The number of benzene rings is 1. The number of pyridine rings is 2. The molecule has 29 heavy (non-hydrogen) atoms. The molecule has 0 radical (unpaired) electrons. The molecule has 0 aliphatic carbocycles. The lowest BCUT2D eigenvalue weighted by Crippen LogP contribution is -2.21. The van der Waals surface area contributed by atoms with E-state index >= 15 is 0 Å². The molecule has 0 atom stereocenters. The van der Waals surface area contributed by atoms with Crippen LogP contribution in [0.1, 0.15) is 10.4 Å². The second kappa shape index (κ2) is 7.25. The summed E-state index contributed by atoms with van der Waals surface area (Å²) < 4.78 is 28.1. The molecule has 1 amide bonds. The van der Waals surface area contributed by atoms with Gasteiger partial charge in [0.2, 0.25) is 0 Å². The number of H-pyrrole nitrogens is 1. The Hall–Kier alpha value is -3.32. The molecule has 3 aromatic heterocycles. The number of hydrogen-bond donors (Lipinski definition) is 1. The molecular weight excluding hydrogens is 398 g/mol. The Kier molecular flexibility index (Phi) is 4.76. The highest BCUT2D eigenvalue weighted by molar-refractivity contribution is 6.39. The van der Waals surface area contributed by atoms with Gasteiger partial charge in [0.15, 0.2) is 11.6 Å². The van der Waals surface area contributed by atoms with Crippen LogP contribution in [0.2, 0.25) is 5.02 Å². The average Bonchev–Trinajstić information content (AvgIpc) is 3.14. The Morgan fingerprint density at radius 2 is 1.90 bits per heavy atom. The van der Waals surface area contributed by atoms with Gasteiger partial charge in [0.25, 0.3) is 5.91 Å². The first-order valence-electron chi connectivity index (χ1n) is 8.65. The summed E-state index contributed by atoms with van der Waals surface area (Å²) in [6.07, 6.45) is 6.12. The van der Waals surface area contributed by atoms with Crippen molar-refractivity contribution >= 4 is 28.5 Å². The third-order valence-electron chi connectivity index (χ3n) is 4.58. The minimum atomic E-state index is -0.963. The number of aromatic amines is 1. The Bertz CT molecular complexity index is 1250. The third kappa shape index (κ3) is 3.23. The van der Waals surface area contributed by atoms with Gasteiger partial charge in [-0.15, -0.1) is 0 Å². The molecule has 0 spiro atoms. The van der Waals surface area contributed by atoms with Crippen LogP contribution in [-0.2, 0) is 0 Å². The average molecular weight is 413 g/mol. The molecule has 0 unspecified atom stereocenters. The fourth-order valence-corrected chi connectivity index (χ4v) is 3.49. The zero-order valence-corrected chi connectivity index (χ0v) is 16.3. The normalized spacial score (nSPS) is 11.1. The molecule has 0 saturated carbocycles. The van der Waals surface area contributed by atoms with Gasteiger partial charge in [-0.05, 0) is 12.1 Å². The number of nitrogens with one attached hydrogen (secondary N) is 1. The molecule has 0 aliphatic heterocycles. The molecule has 4 aromatic rings. The summed E-state index contributed by atoms with van der Waals surface area (Å²) in [6, 6.07) is 5.62. The predicted octanol–water partition coefficient (Wildman–Crippen LogP) is 4.93. The van der Waals surface area contributed by atoms with E-state index < -0.39 is 11.6 Å². The number of amides is 1. The number of rotatable bonds is 3. The molecule has 146 valence electrons. The topological polar surface area (TPSA) is 61.9 Å². The largest absolute Gasteiger partial charge is 0.345 e. The van der Waals surface area contributed by atoms with E-state index in [1.807, 2.05) is 0 Å². The van der Waals surface area contributed by atoms with Crippen molar-refractivity contribution in [2.75, 3.05) is 14.1 Å². The quantitative estimate of drug-likeness (QED) is 0.519. The lowest BCUT2D eigenvalue weighted by atomic mass is 10.0. The van der Waals surface area contributed by atoms with Crippen molar-refractivity contribution < 1.29 is 13.6 Å². The first-order chi connectivity index (χ1) is 13.9. The van der Waals surface area contributed by atoms with Crippen LogP contribution in [0.4, 0.5) is 8.78 Å². The molecule has 5 nitrogen and oxygen atoms in total. The van der Waals surface area contributed by atoms with Crippen LogP contribution < -0.4 is 0 Å². The standard InChI is InChI=1S/C21H15ClF2N4O/c1-28(2)21(29)12-6-11(7-25-8-12)14-9-26-20-17(18(14)22)15(10-27-20)13-4-3-5-16(23)19(13)24/h3-10H,1-2H3,(H,26,27). The summed E-state index contributed by atoms with van der Waals surface area (Å²) in [7, 11) is 3.30. The van der Waals surface area contributed by atoms with E-state index in [-0.39, 0.29) is 11.5 Å². The molecule has 1 N–H and O–H groups in total. The molecule has 4 rings (SSSR count). The van der Waals surface area contributed by atoms with Crippen molar-refractivity contribution in [3.63, 3.8) is 0 Å². The number of carbonyl (C=O) groups excluding carboxylic acids is 1. The molecule has 0 bridgehead atoms. The number of nitrogens with zero attached hydrogens (tertiary/aromatic N) is 3. The van der Waals surface area contributed by atoms with Crippen LogP contribution in [0, 0.1) is 11.6 Å². The SMILES string of the molecule is CN(C)C(=O)c1cncc(-c2cnc3[nH]cc(-c4cccc(F)c4F)c3c2Cl)c1. The molecule has 3 heterocycles. The fraction of sp³-hybridized carbons (Fsp3) is 0.0952. The van der Waals surface area contributed by atoms with Gasteiger partial charge in [-0.25, -0.2) is 13.8 Å². The minimum absolute atomic E-state index is 0.0757. The van der Waals surface area contributed by atoms with Gasteiger partial charge in [0.1, 0.15) is 5.65 Å². The van der Waals surface area contributed by atoms with Gasteiger partial charge < -0.3 is 9.88 Å². The van der Waals surface area contributed by atoms with Crippen LogP contribution in [0.25, 0.3) is 33.3 Å². The van der Waals surface area contributed by atoms with Crippen molar-refractivity contribution in [2.24, 2.45) is 0 Å². The Morgan fingerprint density at radius 3 is 2.66 bits per heavy atom. The van der Waals surface area contributed by atoms with E-state index in [1.54, 1.807) is 32.6 Å². The first kappa shape index (κ1) is 19.0. The Balaban J connectivity index is 1.91. The van der Waals surface area contributed by atoms with Crippen molar-refractivity contribution in [1.82, 2.24) is 19.9 Å². The highest BCUT2D eigenvalue weighted by Crippen LogP contribution is 2.39. The van der Waals surface area contributed by atoms with Crippen molar-refractivity contribution in [2.45, 2.75) is 0 Å². The summed E-state index contributed by atoms with van der Waals surface area (Å²) in [5.41, 5.74) is 2.42. The van der Waals surface area contributed by atoms with Crippen LogP contribution in [0.3, 0.4) is 0 Å². The zero-order valence-electron chi connectivity index (χ0n) is 15.5. The lowest BCUT2D eigenvalue weighted by molar-refractivity contribution is 0.0827. The van der Waals surface area contributed by atoms with E-state index in [1.165, 1.54) is 29.4 Å². The van der Waals surface area contributed by atoms with E-state index in [2.05, 4.69) is 15.0 Å². The summed E-state index contributed by atoms with van der Waals surface area (Å²) in [6.45, 7) is 0. The van der Waals surface area contributed by atoms with Gasteiger partial charge in [0.05, 0.1) is 10.6 Å². The van der Waals surface area contributed by atoms with Gasteiger partial charge in [0, 0.05) is 66.5 Å². The molecule has 0 aliphatic rings. The molecule has 8 heteroatoms. The van der Waals surface area contributed by atoms with Gasteiger partial charge in [-0.1, -0.05) is 23.7 Å². The maximum absolute atomic E-state index is 14.4. The highest BCUT2D eigenvalue weighted by Gasteiger charge is 2.19. The second-order valence-electron chi connectivity index (χ2n) is 6.68. The van der Waals surface area contributed by atoms with Crippen LogP contribution in [-0.4, -0.2) is 39.9 Å². The van der Waals surface area contributed by atoms with Gasteiger partial charge >= 0.3 is 0 Å². The summed E-state index contributed by atoms with van der Waals surface area (Å²) >= 11 is 6.66. The molecule has 1 aromatic carbocycles. The third-order valence-corrected chi connectivity index (χ3v) is 4.97. The number of fused-ring (bicyclic) bond motifs is 1. The van der Waals surface area contributed by atoms with Crippen LogP contribution >= 0.6 is 11.6 Å². The van der Waals surface area contributed by atoms with Crippen molar-refractivity contribution in [3.05, 3.63) is 71.3 Å². The van der Waals surface area contributed by atoms with Crippen molar-refractivity contribution in [3.8, 4) is 22.3 Å². The maximum atomic E-state index is 14.4. The maximum Gasteiger partial charge on any atom is 0.254 e. The molecule has 0 fully saturated rings. The van der Waals surface area contributed by atoms with Crippen LogP contribution in [0.15, 0.2) is 49.1 Å². The fourth-order valence-electron chi connectivity index (χ4n) is 3.14. The van der Waals surface area contributed by atoms with E-state index in [9.17, 15) is 13.6 Å². The first-order valence-corrected chi connectivity index (χ1v) is 9.03. The number of aromatic nitrogens is 3. The summed E-state index contributed by atoms with van der Waals surface area (Å²) in [5, 5.41) is 0.754. The summed E-state index contributed by atoms with van der Waals surface area (Å²) in [4.78, 5) is 25.1. The number of hydrogen-bond acceptors (Lipinski definition) is 3. The Morgan fingerprint density at radius 1 is 1.10 bits per heavy atom. The zero-order chi connectivity index (χ0) is 20.7. The predicted molar refractivity (Wildman–Crippen MR) is 108 cm³/mol. The van der Waals surface area contributed by atoms with E-state index in [0.29, 0.717) is 38.3 Å². The van der Waals surface area contributed by atoms with Crippen LogP contribution in [0.5, 0.6) is 0 Å². The van der Waals surface area contributed by atoms with E-state index in [0.717, 1.165) is 6.07 Å². The monoisotopic (exact) mass is 412 g/mol. The Labute approximate surface area is 170 Å². The second-order valence-corrected chi connectivity index (χ2v) is 7.05. The lowest BCUT2D eigenvalue weighted by Gasteiger charge is -2.12. The summed E-state index contributed by atoms with van der Waals surface area (Å²) in [5.74, 6) is -2.11. The van der Waals surface area contributed by atoms with E-state index in [4.69, 9.17) is 11.6 Å². The molecular formula is C21H15ClF2N4O. The number of carbonyl (C=O) groups is 1. The minimum Gasteiger partial charge on any atom is -0.345 e. The van der Waals surface area contributed by atoms with Gasteiger partial charge in [-0.3, -0.25) is 9.78 Å². The highest BCUT2D eigenvalue weighted by atomic mass is 35.5. The van der Waals surface area contributed by atoms with Crippen molar-refractivity contribution in [1.29, 1.82) is 0 Å². The smallest absolute Gasteiger partial charge is 0.254 e. The number of halogens is 3.